The van der Waals surface area contributed by atoms with Crippen LogP contribution in [0.4, 0.5) is 0 Å². The molecule has 0 aromatic heterocycles. The first kappa shape index (κ1) is 19.2. The lowest BCUT2D eigenvalue weighted by Crippen LogP contribution is -2.42. The van der Waals surface area contributed by atoms with Gasteiger partial charge in [-0.25, -0.2) is 0 Å². The molecule has 0 spiro atoms. The minimum atomic E-state index is 0.153. The second-order valence-corrected chi connectivity index (χ2v) is 7.04. The van der Waals surface area contributed by atoms with Gasteiger partial charge in [-0.05, 0) is 49.2 Å². The Morgan fingerprint density at radius 1 is 1.11 bits per heavy atom. The van der Waals surface area contributed by atoms with Crippen LogP contribution in [0.2, 0.25) is 0 Å². The van der Waals surface area contributed by atoms with Crippen molar-refractivity contribution in [3.8, 4) is 11.5 Å². The van der Waals surface area contributed by atoms with Gasteiger partial charge < -0.3 is 14.4 Å². The summed E-state index contributed by atoms with van der Waals surface area (Å²) < 4.78 is 10.8. The Bertz CT molecular complexity index is 792. The van der Waals surface area contributed by atoms with E-state index in [0.717, 1.165) is 24.3 Å². The number of likely N-dealkylation sites (N-methyl/N-ethyl adjacent to an activating group) is 1. The molecule has 0 saturated carbocycles. The highest BCUT2D eigenvalue weighted by Crippen LogP contribution is 2.33. The third kappa shape index (κ3) is 4.25. The van der Waals surface area contributed by atoms with Crippen molar-refractivity contribution in [2.45, 2.75) is 25.9 Å². The number of hydrogen-bond acceptors (Lipinski definition) is 4. The molecule has 0 N–H and O–H groups in total. The van der Waals surface area contributed by atoms with Crippen molar-refractivity contribution < 1.29 is 14.3 Å². The van der Waals surface area contributed by atoms with Crippen LogP contribution in [-0.2, 0) is 17.8 Å². The summed E-state index contributed by atoms with van der Waals surface area (Å²) in [6.45, 7) is 3.88. The van der Waals surface area contributed by atoms with Crippen molar-refractivity contribution in [1.29, 1.82) is 0 Å². The molecule has 1 amide bonds. The van der Waals surface area contributed by atoms with E-state index in [1.807, 2.05) is 42.3 Å². The van der Waals surface area contributed by atoms with E-state index < -0.39 is 0 Å². The van der Waals surface area contributed by atoms with Gasteiger partial charge in [0.2, 0.25) is 5.91 Å². The Morgan fingerprint density at radius 3 is 2.37 bits per heavy atom. The molecule has 144 valence electrons. The molecule has 2 aromatic carbocycles. The fourth-order valence-corrected chi connectivity index (χ4v) is 3.53. The molecule has 0 radical (unpaired) electrons. The topological polar surface area (TPSA) is 42.0 Å². The normalized spacial score (nSPS) is 14.6. The van der Waals surface area contributed by atoms with Gasteiger partial charge in [0.15, 0.2) is 11.5 Å². The number of fused-ring (bicyclic) bond motifs is 1. The Kier molecular flexibility index (Phi) is 6.01. The summed E-state index contributed by atoms with van der Waals surface area (Å²) >= 11 is 0. The van der Waals surface area contributed by atoms with Gasteiger partial charge in [0.25, 0.3) is 0 Å². The van der Waals surface area contributed by atoms with E-state index in [2.05, 4.69) is 24.0 Å². The van der Waals surface area contributed by atoms with Crippen LogP contribution in [0, 0.1) is 0 Å². The van der Waals surface area contributed by atoms with Gasteiger partial charge in [0.1, 0.15) is 0 Å². The fourth-order valence-electron chi connectivity index (χ4n) is 3.53. The molecule has 1 aliphatic heterocycles. The molecule has 27 heavy (non-hydrogen) atoms. The number of carbonyl (C=O) groups is 1. The molecule has 0 bridgehead atoms. The van der Waals surface area contributed by atoms with Crippen LogP contribution in [-0.4, -0.2) is 50.1 Å². The first-order valence-electron chi connectivity index (χ1n) is 9.30. The van der Waals surface area contributed by atoms with E-state index in [1.54, 1.807) is 14.2 Å². The summed E-state index contributed by atoms with van der Waals surface area (Å²) in [4.78, 5) is 16.9. The van der Waals surface area contributed by atoms with Crippen molar-refractivity contribution in [3.63, 3.8) is 0 Å². The molecule has 0 aliphatic carbocycles. The monoisotopic (exact) mass is 368 g/mol. The molecule has 1 atom stereocenters. The van der Waals surface area contributed by atoms with Crippen molar-refractivity contribution >= 4 is 5.91 Å². The lowest BCUT2D eigenvalue weighted by atomic mass is 9.98. The van der Waals surface area contributed by atoms with Crippen LogP contribution in [0.25, 0.3) is 0 Å². The van der Waals surface area contributed by atoms with E-state index >= 15 is 0 Å². The van der Waals surface area contributed by atoms with E-state index in [9.17, 15) is 4.79 Å². The molecule has 5 heteroatoms. The lowest BCUT2D eigenvalue weighted by Gasteiger charge is -2.32. The first-order chi connectivity index (χ1) is 13.0. The highest BCUT2D eigenvalue weighted by molar-refractivity contribution is 5.78. The smallest absolute Gasteiger partial charge is 0.237 e. The van der Waals surface area contributed by atoms with Gasteiger partial charge in [0, 0.05) is 19.1 Å². The summed E-state index contributed by atoms with van der Waals surface area (Å²) in [6.07, 6.45) is 0.833. The van der Waals surface area contributed by atoms with Crippen molar-refractivity contribution in [2.75, 3.05) is 34.4 Å². The number of carbonyl (C=O) groups excluding carboxylic acids is 1. The van der Waals surface area contributed by atoms with Crippen LogP contribution in [0.3, 0.4) is 0 Å². The molecule has 5 nitrogen and oxygen atoms in total. The fraction of sp³-hybridized carbons (Fsp3) is 0.409. The number of ether oxygens (including phenoxy) is 2. The van der Waals surface area contributed by atoms with Crippen LogP contribution < -0.4 is 9.47 Å². The molecule has 1 aliphatic rings. The molecule has 3 rings (SSSR count). The van der Waals surface area contributed by atoms with E-state index in [0.29, 0.717) is 18.8 Å². The highest BCUT2D eigenvalue weighted by Gasteiger charge is 2.24. The number of amides is 1. The Balaban J connectivity index is 1.67. The zero-order chi connectivity index (χ0) is 19.4. The Hall–Kier alpha value is -2.53. The largest absolute Gasteiger partial charge is 0.493 e. The maximum absolute atomic E-state index is 12.9. The van der Waals surface area contributed by atoms with Gasteiger partial charge >= 0.3 is 0 Å². The minimum Gasteiger partial charge on any atom is -0.493 e. The lowest BCUT2D eigenvalue weighted by molar-refractivity contribution is -0.133. The number of benzene rings is 2. The second-order valence-electron chi connectivity index (χ2n) is 7.04. The first-order valence-corrected chi connectivity index (χ1v) is 9.30. The summed E-state index contributed by atoms with van der Waals surface area (Å²) in [5.74, 6) is 1.61. The highest BCUT2D eigenvalue weighted by atomic mass is 16.5. The molecular formula is C22H28N2O3. The molecule has 0 saturated heterocycles. The van der Waals surface area contributed by atoms with Crippen molar-refractivity contribution in [2.24, 2.45) is 0 Å². The van der Waals surface area contributed by atoms with E-state index in [4.69, 9.17) is 9.47 Å². The number of methoxy groups -OCH3 is 2. The average molecular weight is 368 g/mol. The molecule has 0 unspecified atom stereocenters. The van der Waals surface area contributed by atoms with Crippen LogP contribution in [0.1, 0.15) is 29.7 Å². The van der Waals surface area contributed by atoms with E-state index in [1.165, 1.54) is 11.1 Å². The van der Waals surface area contributed by atoms with Crippen LogP contribution in [0.15, 0.2) is 42.5 Å². The summed E-state index contributed by atoms with van der Waals surface area (Å²) in [5.41, 5.74) is 3.57. The van der Waals surface area contributed by atoms with Crippen LogP contribution >= 0.6 is 0 Å². The summed E-state index contributed by atoms with van der Waals surface area (Å²) in [7, 11) is 5.28. The quantitative estimate of drug-likeness (QED) is 0.785. The van der Waals surface area contributed by atoms with Crippen LogP contribution in [0.5, 0.6) is 11.5 Å². The van der Waals surface area contributed by atoms with E-state index in [-0.39, 0.29) is 11.9 Å². The zero-order valence-electron chi connectivity index (χ0n) is 16.6. The number of rotatable bonds is 6. The zero-order valence-corrected chi connectivity index (χ0v) is 16.6. The molecular weight excluding hydrogens is 340 g/mol. The van der Waals surface area contributed by atoms with Crippen molar-refractivity contribution in [1.82, 2.24) is 9.80 Å². The van der Waals surface area contributed by atoms with Crippen molar-refractivity contribution in [3.05, 3.63) is 59.2 Å². The minimum absolute atomic E-state index is 0.153. The Morgan fingerprint density at radius 2 is 1.74 bits per heavy atom. The number of hydrogen-bond donors (Lipinski definition) is 0. The maximum Gasteiger partial charge on any atom is 0.237 e. The third-order valence-electron chi connectivity index (χ3n) is 5.40. The third-order valence-corrected chi connectivity index (χ3v) is 5.40. The predicted molar refractivity (Wildman–Crippen MR) is 106 cm³/mol. The Labute approximate surface area is 161 Å². The SMILES string of the molecule is COc1cc2c(cc1OC)CN(C(=O)CN(C)[C@H](C)c1ccccc1)CC2. The standard InChI is InChI=1S/C22H28N2O3/c1-16(17-8-6-5-7-9-17)23(2)15-22(25)24-11-10-18-12-20(26-3)21(27-4)13-19(18)14-24/h5-9,12-13,16H,10-11,14-15H2,1-4H3/t16-/m1/s1. The van der Waals surface area contributed by atoms with Gasteiger partial charge in [-0.1, -0.05) is 30.3 Å². The van der Waals surface area contributed by atoms with Gasteiger partial charge in [-0.3, -0.25) is 9.69 Å². The molecule has 1 heterocycles. The average Bonchev–Trinajstić information content (AvgIpc) is 2.72. The summed E-state index contributed by atoms with van der Waals surface area (Å²) in [6, 6.07) is 14.5. The maximum atomic E-state index is 12.9. The van der Waals surface area contributed by atoms with Gasteiger partial charge in [-0.15, -0.1) is 0 Å². The molecule has 2 aromatic rings. The summed E-state index contributed by atoms with van der Waals surface area (Å²) in [5, 5.41) is 0. The predicted octanol–water partition coefficient (Wildman–Crippen LogP) is 3.28. The molecule has 0 fully saturated rings. The van der Waals surface area contributed by atoms with Gasteiger partial charge in [-0.2, -0.15) is 0 Å². The second kappa shape index (κ2) is 8.44. The number of nitrogens with zero attached hydrogens (tertiary/aromatic N) is 2. The van der Waals surface area contributed by atoms with Gasteiger partial charge in [0.05, 0.1) is 20.8 Å².